The molecular formula is C13H18O. The first-order valence-corrected chi connectivity index (χ1v) is 5.56. The molecule has 0 saturated heterocycles. The van der Waals surface area contributed by atoms with Crippen molar-refractivity contribution in [2.24, 2.45) is 5.92 Å². The maximum atomic E-state index is 9.95. The van der Waals surface area contributed by atoms with E-state index in [4.69, 9.17) is 0 Å². The Morgan fingerprint density at radius 3 is 2.86 bits per heavy atom. The van der Waals surface area contributed by atoms with Crippen molar-refractivity contribution in [2.45, 2.75) is 38.7 Å². The molecule has 0 bridgehead atoms. The third-order valence-electron chi connectivity index (χ3n) is 3.00. The van der Waals surface area contributed by atoms with Gasteiger partial charge in [-0.15, -0.1) is 0 Å². The van der Waals surface area contributed by atoms with Crippen molar-refractivity contribution in [3.63, 3.8) is 0 Å². The zero-order chi connectivity index (χ0) is 9.97. The molecule has 1 aromatic carbocycles. The van der Waals surface area contributed by atoms with Crippen LogP contribution in [0, 0.1) is 5.92 Å². The topological polar surface area (TPSA) is 20.2 Å². The van der Waals surface area contributed by atoms with E-state index < -0.39 is 0 Å². The smallest absolute Gasteiger partial charge is 0.0792 e. The van der Waals surface area contributed by atoms with Crippen LogP contribution < -0.4 is 0 Å². The fourth-order valence-corrected chi connectivity index (χ4v) is 1.83. The molecule has 0 radical (unpaired) electrons. The molecular weight excluding hydrogens is 172 g/mol. The summed E-state index contributed by atoms with van der Waals surface area (Å²) in [5.74, 6) is 0.787. The van der Waals surface area contributed by atoms with Gasteiger partial charge in [0, 0.05) is 0 Å². The lowest BCUT2D eigenvalue weighted by molar-refractivity contribution is 0.160. The molecule has 1 heteroatoms. The first-order chi connectivity index (χ1) is 6.79. The average Bonchev–Trinajstić information content (AvgIpc) is 3.02. The lowest BCUT2D eigenvalue weighted by atomic mass is 10.0. The van der Waals surface area contributed by atoms with Crippen molar-refractivity contribution < 1.29 is 5.11 Å². The van der Waals surface area contributed by atoms with E-state index >= 15 is 0 Å². The van der Waals surface area contributed by atoms with Crippen molar-refractivity contribution in [1.82, 2.24) is 0 Å². The minimum Gasteiger partial charge on any atom is -0.388 e. The molecule has 0 aromatic heterocycles. The zero-order valence-electron chi connectivity index (χ0n) is 8.74. The molecule has 1 aliphatic rings. The second-order valence-electron chi connectivity index (χ2n) is 4.29. The molecule has 76 valence electrons. The first kappa shape index (κ1) is 9.72. The van der Waals surface area contributed by atoms with Crippen molar-refractivity contribution in [3.8, 4) is 0 Å². The number of hydrogen-bond acceptors (Lipinski definition) is 1. The van der Waals surface area contributed by atoms with E-state index in [9.17, 15) is 5.11 Å². The summed E-state index contributed by atoms with van der Waals surface area (Å²) in [6.45, 7) is 2.15. The highest BCUT2D eigenvalue weighted by Crippen LogP contribution is 2.37. The lowest BCUT2D eigenvalue weighted by Crippen LogP contribution is -1.99. The Balaban J connectivity index is 2.05. The van der Waals surface area contributed by atoms with Crippen LogP contribution >= 0.6 is 0 Å². The number of aryl methyl sites for hydroxylation is 1. The van der Waals surface area contributed by atoms with E-state index in [0.717, 1.165) is 24.3 Å². The Labute approximate surface area is 85.8 Å². The predicted molar refractivity (Wildman–Crippen MR) is 58.1 cm³/mol. The molecule has 2 rings (SSSR count). The van der Waals surface area contributed by atoms with Crippen molar-refractivity contribution in [2.75, 3.05) is 0 Å². The second kappa shape index (κ2) is 4.14. The van der Waals surface area contributed by atoms with Crippen LogP contribution in [-0.4, -0.2) is 5.11 Å². The van der Waals surface area contributed by atoms with Gasteiger partial charge in [-0.2, -0.15) is 0 Å². The van der Waals surface area contributed by atoms with Gasteiger partial charge >= 0.3 is 0 Å². The van der Waals surface area contributed by atoms with E-state index in [-0.39, 0.29) is 6.10 Å². The van der Waals surface area contributed by atoms with Gasteiger partial charge in [-0.05, 0) is 29.9 Å². The predicted octanol–water partition coefficient (Wildman–Crippen LogP) is 3.08. The number of benzene rings is 1. The van der Waals surface area contributed by atoms with Crippen LogP contribution in [0.1, 0.15) is 43.4 Å². The largest absolute Gasteiger partial charge is 0.388 e. The second-order valence-corrected chi connectivity index (χ2v) is 4.29. The molecule has 1 aromatic rings. The summed E-state index contributed by atoms with van der Waals surface area (Å²) in [5.41, 5.74) is 2.41. The SMILES string of the molecule is CCc1cccc(C(O)CC2CC2)c1. The number of hydrogen-bond donors (Lipinski definition) is 1. The highest BCUT2D eigenvalue weighted by atomic mass is 16.3. The van der Waals surface area contributed by atoms with Crippen LogP contribution in [-0.2, 0) is 6.42 Å². The van der Waals surface area contributed by atoms with Gasteiger partial charge in [-0.25, -0.2) is 0 Å². The maximum absolute atomic E-state index is 9.95. The minimum atomic E-state index is -0.242. The quantitative estimate of drug-likeness (QED) is 0.773. The third-order valence-corrected chi connectivity index (χ3v) is 3.00. The molecule has 0 heterocycles. The summed E-state index contributed by atoms with van der Waals surface area (Å²) < 4.78 is 0. The lowest BCUT2D eigenvalue weighted by Gasteiger charge is -2.11. The average molecular weight is 190 g/mol. The Kier molecular flexibility index (Phi) is 2.87. The monoisotopic (exact) mass is 190 g/mol. The Hall–Kier alpha value is -0.820. The van der Waals surface area contributed by atoms with Gasteiger partial charge in [0.15, 0.2) is 0 Å². The van der Waals surface area contributed by atoms with Crippen LogP contribution in [0.2, 0.25) is 0 Å². The molecule has 1 aliphatic carbocycles. The minimum absolute atomic E-state index is 0.242. The van der Waals surface area contributed by atoms with E-state index in [1.165, 1.54) is 18.4 Å². The summed E-state index contributed by atoms with van der Waals surface area (Å²) in [4.78, 5) is 0. The molecule has 1 N–H and O–H groups in total. The van der Waals surface area contributed by atoms with Gasteiger partial charge < -0.3 is 5.11 Å². The molecule has 1 unspecified atom stereocenters. The molecule has 1 nitrogen and oxygen atoms in total. The van der Waals surface area contributed by atoms with Crippen LogP contribution in [0.4, 0.5) is 0 Å². The fraction of sp³-hybridized carbons (Fsp3) is 0.538. The Bertz CT molecular complexity index is 302. The van der Waals surface area contributed by atoms with Crippen molar-refractivity contribution in [3.05, 3.63) is 35.4 Å². The van der Waals surface area contributed by atoms with Crippen LogP contribution in [0.25, 0.3) is 0 Å². The standard InChI is InChI=1S/C13H18O/c1-2-10-4-3-5-12(8-10)13(14)9-11-6-7-11/h3-5,8,11,13-14H,2,6-7,9H2,1H3. The van der Waals surface area contributed by atoms with E-state index in [2.05, 4.69) is 19.1 Å². The third kappa shape index (κ3) is 2.36. The van der Waals surface area contributed by atoms with Gasteiger partial charge in [0.05, 0.1) is 6.10 Å². The van der Waals surface area contributed by atoms with E-state index in [1.807, 2.05) is 12.1 Å². The summed E-state index contributed by atoms with van der Waals surface area (Å²) in [6.07, 6.45) is 4.38. The molecule has 1 fully saturated rings. The summed E-state index contributed by atoms with van der Waals surface area (Å²) in [7, 11) is 0. The van der Waals surface area contributed by atoms with Gasteiger partial charge in [0.2, 0.25) is 0 Å². The highest BCUT2D eigenvalue weighted by molar-refractivity contribution is 5.25. The number of aliphatic hydroxyl groups is 1. The zero-order valence-corrected chi connectivity index (χ0v) is 8.74. The molecule has 1 saturated carbocycles. The molecule has 0 aliphatic heterocycles. The number of aliphatic hydroxyl groups excluding tert-OH is 1. The van der Waals surface area contributed by atoms with Crippen LogP contribution in [0.3, 0.4) is 0 Å². The van der Waals surface area contributed by atoms with Crippen LogP contribution in [0.15, 0.2) is 24.3 Å². The van der Waals surface area contributed by atoms with Gasteiger partial charge in [-0.3, -0.25) is 0 Å². The summed E-state index contributed by atoms with van der Waals surface area (Å²) >= 11 is 0. The Morgan fingerprint density at radius 1 is 1.43 bits per heavy atom. The van der Waals surface area contributed by atoms with Gasteiger partial charge in [0.25, 0.3) is 0 Å². The van der Waals surface area contributed by atoms with E-state index in [1.54, 1.807) is 0 Å². The normalized spacial score (nSPS) is 18.1. The number of rotatable bonds is 4. The van der Waals surface area contributed by atoms with Crippen molar-refractivity contribution in [1.29, 1.82) is 0 Å². The Morgan fingerprint density at radius 2 is 2.21 bits per heavy atom. The first-order valence-electron chi connectivity index (χ1n) is 5.56. The molecule has 0 amide bonds. The maximum Gasteiger partial charge on any atom is 0.0792 e. The molecule has 1 atom stereocenters. The highest BCUT2D eigenvalue weighted by Gasteiger charge is 2.25. The molecule has 14 heavy (non-hydrogen) atoms. The van der Waals surface area contributed by atoms with Crippen molar-refractivity contribution >= 4 is 0 Å². The van der Waals surface area contributed by atoms with Gasteiger partial charge in [0.1, 0.15) is 0 Å². The molecule has 0 spiro atoms. The van der Waals surface area contributed by atoms with Gasteiger partial charge in [-0.1, -0.05) is 44.0 Å². The summed E-state index contributed by atoms with van der Waals surface area (Å²) in [6, 6.07) is 8.33. The summed E-state index contributed by atoms with van der Waals surface area (Å²) in [5, 5.41) is 9.95. The van der Waals surface area contributed by atoms with E-state index in [0.29, 0.717) is 0 Å². The van der Waals surface area contributed by atoms with Crippen LogP contribution in [0.5, 0.6) is 0 Å². The fourth-order valence-electron chi connectivity index (χ4n) is 1.83.